The molecular formula is C15H21NO2S. The molecule has 2 aliphatic carbocycles. The van der Waals surface area contributed by atoms with Gasteiger partial charge in [0.05, 0.1) is 16.9 Å². The second-order valence-corrected chi connectivity index (χ2v) is 7.86. The normalized spacial score (nSPS) is 45.2. The Labute approximate surface area is 118 Å². The summed E-state index contributed by atoms with van der Waals surface area (Å²) in [5, 5.41) is 1.19. The van der Waals surface area contributed by atoms with Crippen molar-refractivity contribution in [2.24, 2.45) is 28.7 Å². The first-order chi connectivity index (χ1) is 9.29. The van der Waals surface area contributed by atoms with E-state index in [1.807, 2.05) is 0 Å². The van der Waals surface area contributed by atoms with Crippen LogP contribution >= 0.6 is 11.8 Å². The maximum Gasteiger partial charge on any atom is 0.260 e. The summed E-state index contributed by atoms with van der Waals surface area (Å²) in [4.78, 5) is 16.4. The van der Waals surface area contributed by atoms with Gasteiger partial charge in [0.15, 0.2) is 0 Å². The van der Waals surface area contributed by atoms with Crippen LogP contribution in [0.3, 0.4) is 0 Å². The zero-order valence-electron chi connectivity index (χ0n) is 11.2. The van der Waals surface area contributed by atoms with E-state index < -0.39 is 0 Å². The van der Waals surface area contributed by atoms with Crippen molar-refractivity contribution in [3.8, 4) is 0 Å². The van der Waals surface area contributed by atoms with Gasteiger partial charge in [-0.15, -0.1) is 0 Å². The van der Waals surface area contributed by atoms with Crippen molar-refractivity contribution in [1.29, 1.82) is 0 Å². The summed E-state index contributed by atoms with van der Waals surface area (Å²) in [5.74, 6) is 3.24. The number of fused-ring (bicyclic) bond motifs is 2. The van der Waals surface area contributed by atoms with E-state index in [4.69, 9.17) is 4.74 Å². The van der Waals surface area contributed by atoms with Crippen LogP contribution in [-0.2, 0) is 9.53 Å². The van der Waals surface area contributed by atoms with Gasteiger partial charge in [-0.1, -0.05) is 18.2 Å². The van der Waals surface area contributed by atoms with Crippen molar-refractivity contribution < 1.29 is 9.53 Å². The predicted molar refractivity (Wildman–Crippen MR) is 76.3 cm³/mol. The summed E-state index contributed by atoms with van der Waals surface area (Å²) >= 11 is 1.75. The first kappa shape index (κ1) is 12.4. The highest BCUT2D eigenvalue weighted by Crippen LogP contribution is 2.50. The van der Waals surface area contributed by atoms with E-state index in [9.17, 15) is 4.79 Å². The fourth-order valence-electron chi connectivity index (χ4n) is 4.44. The van der Waals surface area contributed by atoms with Crippen LogP contribution in [0.1, 0.15) is 38.5 Å². The molecule has 2 aliphatic heterocycles. The number of nitrogens with zero attached hydrogens (tertiary/aromatic N) is 1. The van der Waals surface area contributed by atoms with Crippen molar-refractivity contribution in [2.45, 2.75) is 43.8 Å². The zero-order chi connectivity index (χ0) is 12.8. The minimum Gasteiger partial charge on any atom is -0.381 e. The van der Waals surface area contributed by atoms with Gasteiger partial charge < -0.3 is 4.74 Å². The highest BCUT2D eigenvalue weighted by atomic mass is 32.2. The lowest BCUT2D eigenvalue weighted by atomic mass is 9.87. The van der Waals surface area contributed by atoms with Crippen LogP contribution in [0.5, 0.6) is 0 Å². The van der Waals surface area contributed by atoms with Crippen LogP contribution in [0, 0.1) is 23.7 Å². The number of ether oxygens (including phenoxy) is 1. The molecule has 4 rings (SSSR count). The molecule has 1 amide bonds. The molecule has 4 aliphatic rings. The Morgan fingerprint density at radius 3 is 2.84 bits per heavy atom. The van der Waals surface area contributed by atoms with E-state index >= 15 is 0 Å². The van der Waals surface area contributed by atoms with E-state index in [-0.39, 0.29) is 11.2 Å². The van der Waals surface area contributed by atoms with Crippen LogP contribution < -0.4 is 0 Å². The Morgan fingerprint density at radius 2 is 2.16 bits per heavy atom. The predicted octanol–water partition coefficient (Wildman–Crippen LogP) is 2.89. The molecule has 0 aromatic heterocycles. The Balaban J connectivity index is 1.38. The molecule has 3 fully saturated rings. The minimum atomic E-state index is 0.0658. The number of amides is 1. The monoisotopic (exact) mass is 279 g/mol. The molecule has 2 heterocycles. The molecule has 0 radical (unpaired) electrons. The second kappa shape index (κ2) is 4.88. The average molecular weight is 279 g/mol. The van der Waals surface area contributed by atoms with Gasteiger partial charge in [-0.25, -0.2) is 4.99 Å². The van der Waals surface area contributed by atoms with Crippen LogP contribution in [0.15, 0.2) is 4.99 Å². The zero-order valence-corrected chi connectivity index (χ0v) is 12.0. The van der Waals surface area contributed by atoms with Gasteiger partial charge in [-0.05, 0) is 49.9 Å². The SMILES string of the molecule is O=C1N=C(C[C@H]2C[C@@H]3CC[C@H]2C3)SC1[C@@H]1CCOC1. The van der Waals surface area contributed by atoms with Crippen molar-refractivity contribution >= 4 is 22.7 Å². The summed E-state index contributed by atoms with van der Waals surface area (Å²) in [5.41, 5.74) is 0. The van der Waals surface area contributed by atoms with Gasteiger partial charge in [-0.3, -0.25) is 4.79 Å². The van der Waals surface area contributed by atoms with E-state index in [2.05, 4.69) is 4.99 Å². The molecule has 19 heavy (non-hydrogen) atoms. The number of carbonyl (C=O) groups is 1. The van der Waals surface area contributed by atoms with E-state index in [1.54, 1.807) is 11.8 Å². The molecule has 2 saturated carbocycles. The Kier molecular flexibility index (Phi) is 3.19. The summed E-state index contributed by atoms with van der Waals surface area (Å²) in [7, 11) is 0. The molecule has 0 aromatic carbocycles. The van der Waals surface area contributed by atoms with Gasteiger partial charge in [0.25, 0.3) is 5.91 Å². The molecule has 104 valence electrons. The number of hydrogen-bond acceptors (Lipinski definition) is 3. The molecule has 0 spiro atoms. The number of carbonyl (C=O) groups excluding carboxylic acids is 1. The lowest BCUT2D eigenvalue weighted by Gasteiger charge is -2.21. The van der Waals surface area contributed by atoms with E-state index in [0.29, 0.717) is 5.92 Å². The van der Waals surface area contributed by atoms with Crippen molar-refractivity contribution in [3.05, 3.63) is 0 Å². The Morgan fingerprint density at radius 1 is 1.21 bits per heavy atom. The lowest BCUT2D eigenvalue weighted by Crippen LogP contribution is -2.22. The first-order valence-electron chi connectivity index (χ1n) is 7.65. The lowest BCUT2D eigenvalue weighted by molar-refractivity contribution is -0.117. The highest BCUT2D eigenvalue weighted by Gasteiger charge is 2.42. The topological polar surface area (TPSA) is 38.7 Å². The first-order valence-corrected chi connectivity index (χ1v) is 8.53. The number of hydrogen-bond donors (Lipinski definition) is 0. The third-order valence-corrected chi connectivity index (χ3v) is 6.83. The molecule has 5 atom stereocenters. The molecule has 0 N–H and O–H groups in total. The molecule has 3 nitrogen and oxygen atoms in total. The summed E-state index contributed by atoms with van der Waals surface area (Å²) in [6, 6.07) is 0. The number of aliphatic imine (C=N–C) groups is 1. The molecular weight excluding hydrogens is 258 g/mol. The number of thioether (sulfide) groups is 1. The smallest absolute Gasteiger partial charge is 0.260 e. The molecule has 1 saturated heterocycles. The Bertz CT molecular complexity index is 416. The van der Waals surface area contributed by atoms with Crippen molar-refractivity contribution in [1.82, 2.24) is 0 Å². The van der Waals surface area contributed by atoms with Crippen LogP contribution in [0.2, 0.25) is 0 Å². The van der Waals surface area contributed by atoms with E-state index in [0.717, 1.165) is 48.9 Å². The second-order valence-electron chi connectivity index (χ2n) is 6.64. The molecule has 0 aromatic rings. The molecule has 1 unspecified atom stereocenters. The summed E-state index contributed by atoms with van der Waals surface area (Å²) in [6.07, 6.45) is 7.79. The van der Waals surface area contributed by atoms with Crippen molar-refractivity contribution in [2.75, 3.05) is 13.2 Å². The fraction of sp³-hybridized carbons (Fsp3) is 0.867. The summed E-state index contributed by atoms with van der Waals surface area (Å²) in [6.45, 7) is 1.57. The van der Waals surface area contributed by atoms with Crippen molar-refractivity contribution in [3.63, 3.8) is 0 Å². The average Bonchev–Trinajstić information content (AvgIpc) is 3.12. The molecule has 4 heteroatoms. The number of rotatable bonds is 3. The van der Waals surface area contributed by atoms with Gasteiger partial charge in [0, 0.05) is 12.5 Å². The van der Waals surface area contributed by atoms with Gasteiger partial charge in [-0.2, -0.15) is 0 Å². The van der Waals surface area contributed by atoms with Crippen LogP contribution in [0.4, 0.5) is 0 Å². The highest BCUT2D eigenvalue weighted by molar-refractivity contribution is 8.15. The third-order valence-electron chi connectivity index (χ3n) is 5.46. The fourth-order valence-corrected chi connectivity index (χ4v) is 5.75. The van der Waals surface area contributed by atoms with Crippen LogP contribution in [-0.4, -0.2) is 29.4 Å². The molecule has 2 bridgehead atoms. The summed E-state index contributed by atoms with van der Waals surface area (Å²) < 4.78 is 5.41. The Hall–Kier alpha value is -0.350. The van der Waals surface area contributed by atoms with Gasteiger partial charge >= 0.3 is 0 Å². The largest absolute Gasteiger partial charge is 0.381 e. The van der Waals surface area contributed by atoms with Gasteiger partial charge in [0.1, 0.15) is 0 Å². The van der Waals surface area contributed by atoms with Crippen LogP contribution in [0.25, 0.3) is 0 Å². The maximum absolute atomic E-state index is 12.0. The standard InChI is InChI=1S/C15H21NO2S/c17-15-14(11-3-4-18-8-11)19-13(16-15)7-12-6-9-1-2-10(12)5-9/h9-12,14H,1-8H2/t9-,10+,11-,12-,14?/m1/s1. The maximum atomic E-state index is 12.0. The quantitative estimate of drug-likeness (QED) is 0.797. The third kappa shape index (κ3) is 2.27. The minimum absolute atomic E-state index is 0.0658. The van der Waals surface area contributed by atoms with E-state index in [1.165, 1.54) is 25.7 Å². The van der Waals surface area contributed by atoms with Gasteiger partial charge in [0.2, 0.25) is 0 Å².